The maximum absolute atomic E-state index is 12.8. The molecule has 3 N–H and O–H groups in total. The molecule has 1 fully saturated rings. The van der Waals surface area contributed by atoms with Gasteiger partial charge in [0.2, 0.25) is 0 Å². The second-order valence-corrected chi connectivity index (χ2v) is 7.52. The van der Waals surface area contributed by atoms with E-state index in [9.17, 15) is 4.79 Å². The number of rotatable bonds is 6. The third-order valence-corrected chi connectivity index (χ3v) is 5.63. The van der Waals surface area contributed by atoms with E-state index in [0.29, 0.717) is 24.4 Å². The van der Waals surface area contributed by atoms with Crippen LogP contribution in [0.1, 0.15) is 21.8 Å². The van der Waals surface area contributed by atoms with Gasteiger partial charge in [-0.1, -0.05) is 12.1 Å². The van der Waals surface area contributed by atoms with Crippen LogP contribution in [0.2, 0.25) is 0 Å². The van der Waals surface area contributed by atoms with Gasteiger partial charge < -0.3 is 20.5 Å². The van der Waals surface area contributed by atoms with E-state index in [-0.39, 0.29) is 24.5 Å². The molecule has 1 heterocycles. The van der Waals surface area contributed by atoms with Crippen LogP contribution in [0, 0.1) is 0 Å². The minimum Gasteiger partial charge on any atom is -0.497 e. The summed E-state index contributed by atoms with van der Waals surface area (Å²) in [4.78, 5) is 15.7. The lowest BCUT2D eigenvalue weighted by molar-refractivity contribution is 0.0789. The summed E-state index contributed by atoms with van der Waals surface area (Å²) in [7, 11) is 1.64. The number of carbonyl (C=O) groups is 1. The van der Waals surface area contributed by atoms with Crippen molar-refractivity contribution in [3.05, 3.63) is 59.7 Å². The van der Waals surface area contributed by atoms with E-state index in [1.54, 1.807) is 18.9 Å². The number of benzene rings is 2. The quantitative estimate of drug-likeness (QED) is 0.762. The molecule has 1 aliphatic heterocycles. The predicted molar refractivity (Wildman–Crippen MR) is 104 cm³/mol. The zero-order chi connectivity index (χ0) is 18.5. The first-order valence-electron chi connectivity index (χ1n) is 8.65. The number of amides is 1. The Kier molecular flexibility index (Phi) is 6.19. The monoisotopic (exact) mass is 372 g/mol. The first-order chi connectivity index (χ1) is 12.6. The Morgan fingerprint density at radius 1 is 1.27 bits per heavy atom. The van der Waals surface area contributed by atoms with Crippen molar-refractivity contribution in [2.24, 2.45) is 5.73 Å². The van der Waals surface area contributed by atoms with Crippen molar-refractivity contribution >= 4 is 17.7 Å². The Bertz CT molecular complexity index is 751. The average Bonchev–Trinajstić information content (AvgIpc) is 3.08. The van der Waals surface area contributed by atoms with Crippen LogP contribution in [-0.2, 0) is 0 Å². The standard InChI is InChI=1S/C20H24N2O3S/c1-25-16-4-2-3-15(11-16)18-12-22(13-19(18)21)20(24)14-5-7-17(8-6-14)26-10-9-23/h2-8,11,18-19,23H,9-10,12-13,21H2,1H3/t18-,19+/m0/s1. The summed E-state index contributed by atoms with van der Waals surface area (Å²) >= 11 is 1.57. The molecule has 0 spiro atoms. The number of hydrogen-bond donors (Lipinski definition) is 2. The largest absolute Gasteiger partial charge is 0.497 e. The van der Waals surface area contributed by atoms with Crippen LogP contribution in [0.3, 0.4) is 0 Å². The summed E-state index contributed by atoms with van der Waals surface area (Å²) in [6.45, 7) is 1.29. The van der Waals surface area contributed by atoms with E-state index in [1.165, 1.54) is 0 Å². The number of carbonyl (C=O) groups excluding carboxylic acids is 1. The van der Waals surface area contributed by atoms with Crippen molar-refractivity contribution in [2.75, 3.05) is 32.6 Å². The number of likely N-dealkylation sites (tertiary alicyclic amines) is 1. The Labute approximate surface area is 158 Å². The normalized spacial score (nSPS) is 19.6. The van der Waals surface area contributed by atoms with Gasteiger partial charge in [0.15, 0.2) is 0 Å². The first-order valence-corrected chi connectivity index (χ1v) is 9.63. The van der Waals surface area contributed by atoms with Crippen LogP contribution < -0.4 is 10.5 Å². The van der Waals surface area contributed by atoms with Gasteiger partial charge >= 0.3 is 0 Å². The molecule has 2 aromatic rings. The van der Waals surface area contributed by atoms with Gasteiger partial charge in [-0.2, -0.15) is 0 Å². The second kappa shape index (κ2) is 8.58. The molecule has 0 unspecified atom stereocenters. The Hall–Kier alpha value is -2.02. The number of nitrogens with zero attached hydrogens (tertiary/aromatic N) is 1. The third-order valence-electron chi connectivity index (χ3n) is 4.64. The molecule has 0 aromatic heterocycles. The number of methoxy groups -OCH3 is 1. The molecular weight excluding hydrogens is 348 g/mol. The van der Waals surface area contributed by atoms with E-state index in [2.05, 4.69) is 0 Å². The van der Waals surface area contributed by atoms with Crippen molar-refractivity contribution in [1.29, 1.82) is 0 Å². The average molecular weight is 372 g/mol. The molecule has 2 atom stereocenters. The van der Waals surface area contributed by atoms with Gasteiger partial charge in [0.1, 0.15) is 5.75 Å². The molecule has 5 nitrogen and oxygen atoms in total. The van der Waals surface area contributed by atoms with Crippen molar-refractivity contribution in [1.82, 2.24) is 4.90 Å². The summed E-state index contributed by atoms with van der Waals surface area (Å²) in [6.07, 6.45) is 0. The zero-order valence-corrected chi connectivity index (χ0v) is 15.6. The lowest BCUT2D eigenvalue weighted by Crippen LogP contribution is -2.32. The van der Waals surface area contributed by atoms with Gasteiger partial charge in [0.25, 0.3) is 5.91 Å². The lowest BCUT2D eigenvalue weighted by Gasteiger charge is -2.17. The van der Waals surface area contributed by atoms with E-state index >= 15 is 0 Å². The highest BCUT2D eigenvalue weighted by molar-refractivity contribution is 7.99. The molecule has 0 bridgehead atoms. The van der Waals surface area contributed by atoms with E-state index in [0.717, 1.165) is 16.2 Å². The minimum atomic E-state index is -0.0922. The van der Waals surface area contributed by atoms with Gasteiger partial charge in [-0.05, 0) is 42.0 Å². The topological polar surface area (TPSA) is 75.8 Å². The van der Waals surface area contributed by atoms with Gasteiger partial charge in [-0.3, -0.25) is 4.79 Å². The van der Waals surface area contributed by atoms with Crippen molar-refractivity contribution in [3.63, 3.8) is 0 Å². The summed E-state index contributed by atoms with van der Waals surface area (Å²) in [5.41, 5.74) is 8.09. The molecule has 1 amide bonds. The lowest BCUT2D eigenvalue weighted by atomic mass is 9.95. The second-order valence-electron chi connectivity index (χ2n) is 6.35. The zero-order valence-electron chi connectivity index (χ0n) is 14.8. The Balaban J connectivity index is 1.69. The molecule has 0 aliphatic carbocycles. The van der Waals surface area contributed by atoms with Crippen molar-refractivity contribution < 1.29 is 14.6 Å². The molecule has 1 aliphatic rings. The number of hydrogen-bond acceptors (Lipinski definition) is 5. The molecule has 26 heavy (non-hydrogen) atoms. The van der Waals surface area contributed by atoms with Gasteiger partial charge in [0, 0.05) is 41.3 Å². The Morgan fingerprint density at radius 3 is 2.73 bits per heavy atom. The molecule has 2 aromatic carbocycles. The fraction of sp³-hybridized carbons (Fsp3) is 0.350. The molecule has 1 saturated heterocycles. The van der Waals surface area contributed by atoms with Gasteiger partial charge in [-0.25, -0.2) is 0 Å². The number of nitrogens with two attached hydrogens (primary N) is 1. The fourth-order valence-electron chi connectivity index (χ4n) is 3.26. The van der Waals surface area contributed by atoms with Gasteiger partial charge in [-0.15, -0.1) is 11.8 Å². The van der Waals surface area contributed by atoms with Crippen LogP contribution in [0.15, 0.2) is 53.4 Å². The number of thioether (sulfide) groups is 1. The third kappa shape index (κ3) is 4.20. The molecular formula is C20H24N2O3S. The minimum absolute atomic E-state index is 0.00422. The highest BCUT2D eigenvalue weighted by Crippen LogP contribution is 2.30. The van der Waals surface area contributed by atoms with Crippen LogP contribution in [0.5, 0.6) is 5.75 Å². The van der Waals surface area contributed by atoms with Crippen LogP contribution in [-0.4, -0.2) is 54.5 Å². The van der Waals surface area contributed by atoms with Crippen LogP contribution in [0.4, 0.5) is 0 Å². The van der Waals surface area contributed by atoms with E-state index < -0.39 is 0 Å². The molecule has 138 valence electrons. The number of aliphatic hydroxyl groups is 1. The first kappa shape index (κ1) is 18.8. The summed E-state index contributed by atoms with van der Waals surface area (Å²) < 4.78 is 5.29. The summed E-state index contributed by atoms with van der Waals surface area (Å²) in [6, 6.07) is 15.3. The van der Waals surface area contributed by atoms with Gasteiger partial charge in [0.05, 0.1) is 13.7 Å². The van der Waals surface area contributed by atoms with Crippen molar-refractivity contribution in [3.8, 4) is 5.75 Å². The van der Waals surface area contributed by atoms with Crippen LogP contribution in [0.25, 0.3) is 0 Å². The molecule has 3 rings (SSSR count). The van der Waals surface area contributed by atoms with E-state index in [4.69, 9.17) is 15.6 Å². The summed E-state index contributed by atoms with van der Waals surface area (Å²) in [5.74, 6) is 1.56. The van der Waals surface area contributed by atoms with Crippen LogP contribution >= 0.6 is 11.8 Å². The highest BCUT2D eigenvalue weighted by atomic mass is 32.2. The van der Waals surface area contributed by atoms with Crippen molar-refractivity contribution in [2.45, 2.75) is 16.9 Å². The molecule has 0 saturated carbocycles. The fourth-order valence-corrected chi connectivity index (χ4v) is 3.91. The summed E-state index contributed by atoms with van der Waals surface area (Å²) in [5, 5.41) is 8.89. The maximum Gasteiger partial charge on any atom is 0.253 e. The molecule has 6 heteroatoms. The predicted octanol–water partition coefficient (Wildman–Crippen LogP) is 2.35. The SMILES string of the molecule is COc1cccc([C@@H]2CN(C(=O)c3ccc(SCCO)cc3)C[C@H]2N)c1. The Morgan fingerprint density at radius 2 is 2.04 bits per heavy atom. The molecule has 0 radical (unpaired) electrons. The van der Waals surface area contributed by atoms with E-state index in [1.807, 2.05) is 53.4 Å². The maximum atomic E-state index is 12.8. The smallest absolute Gasteiger partial charge is 0.253 e. The highest BCUT2D eigenvalue weighted by Gasteiger charge is 2.34. The number of aliphatic hydroxyl groups excluding tert-OH is 1. The number of ether oxygens (including phenoxy) is 1.